The molecule has 0 saturated heterocycles. The second-order valence-corrected chi connectivity index (χ2v) is 6.54. The Morgan fingerprint density at radius 2 is 1.60 bits per heavy atom. The Labute approximate surface area is 153 Å². The molecular weight excluding hydrogens is 336 g/mol. The van der Waals surface area contributed by atoms with Gasteiger partial charge in [0.15, 0.2) is 0 Å². The standard InChI is InChI=1S/C20H23ClN2O2/c1-14-4-6-16(7-5-14)12-19(24)23(15(2)20(25)22-3)13-17-8-10-18(21)11-9-17/h4-11,15H,12-13H2,1-3H3,(H,22,25)/t15-/m0/s1. The quantitative estimate of drug-likeness (QED) is 0.860. The zero-order chi connectivity index (χ0) is 18.4. The van der Waals surface area contributed by atoms with Gasteiger partial charge in [0.1, 0.15) is 6.04 Å². The van der Waals surface area contributed by atoms with Gasteiger partial charge in [-0.05, 0) is 37.1 Å². The maximum Gasteiger partial charge on any atom is 0.242 e. The average molecular weight is 359 g/mol. The summed E-state index contributed by atoms with van der Waals surface area (Å²) in [6.07, 6.45) is 0.259. The summed E-state index contributed by atoms with van der Waals surface area (Å²) in [5.74, 6) is -0.277. The normalized spacial score (nSPS) is 11.7. The van der Waals surface area contributed by atoms with Gasteiger partial charge in [0.05, 0.1) is 6.42 Å². The van der Waals surface area contributed by atoms with Gasteiger partial charge in [-0.1, -0.05) is 53.6 Å². The summed E-state index contributed by atoms with van der Waals surface area (Å²) < 4.78 is 0. The topological polar surface area (TPSA) is 49.4 Å². The molecule has 2 rings (SSSR count). The first-order valence-electron chi connectivity index (χ1n) is 8.21. The molecule has 5 heteroatoms. The Bertz CT molecular complexity index is 726. The lowest BCUT2D eigenvalue weighted by Crippen LogP contribution is -2.47. The van der Waals surface area contributed by atoms with Crippen LogP contribution in [0.1, 0.15) is 23.6 Å². The molecule has 0 spiro atoms. The molecule has 0 bridgehead atoms. The van der Waals surface area contributed by atoms with Crippen molar-refractivity contribution < 1.29 is 9.59 Å². The fourth-order valence-corrected chi connectivity index (χ4v) is 2.69. The van der Waals surface area contributed by atoms with Crippen LogP contribution in [0.4, 0.5) is 0 Å². The van der Waals surface area contributed by atoms with Crippen molar-refractivity contribution >= 4 is 23.4 Å². The molecule has 1 N–H and O–H groups in total. The minimum atomic E-state index is -0.557. The van der Waals surface area contributed by atoms with Crippen LogP contribution in [0.5, 0.6) is 0 Å². The third-order valence-electron chi connectivity index (χ3n) is 4.16. The van der Waals surface area contributed by atoms with Gasteiger partial charge in [-0.2, -0.15) is 0 Å². The third kappa shape index (κ3) is 5.33. The van der Waals surface area contributed by atoms with Crippen molar-refractivity contribution in [3.05, 3.63) is 70.2 Å². The molecule has 0 fully saturated rings. The molecule has 0 aromatic heterocycles. The van der Waals surface area contributed by atoms with E-state index in [1.807, 2.05) is 43.3 Å². The van der Waals surface area contributed by atoms with Crippen LogP contribution in [0.15, 0.2) is 48.5 Å². The van der Waals surface area contributed by atoms with Crippen LogP contribution < -0.4 is 5.32 Å². The second kappa shape index (κ2) is 8.67. The highest BCUT2D eigenvalue weighted by Gasteiger charge is 2.25. The first kappa shape index (κ1) is 19.0. The van der Waals surface area contributed by atoms with Gasteiger partial charge < -0.3 is 10.2 Å². The van der Waals surface area contributed by atoms with Gasteiger partial charge in [0, 0.05) is 18.6 Å². The molecule has 25 heavy (non-hydrogen) atoms. The molecular formula is C20H23ClN2O2. The van der Waals surface area contributed by atoms with Gasteiger partial charge >= 0.3 is 0 Å². The Hall–Kier alpha value is -2.33. The zero-order valence-corrected chi connectivity index (χ0v) is 15.5. The number of benzene rings is 2. The van der Waals surface area contributed by atoms with Crippen LogP contribution in [0.25, 0.3) is 0 Å². The van der Waals surface area contributed by atoms with Crippen LogP contribution in [-0.4, -0.2) is 29.8 Å². The van der Waals surface area contributed by atoms with Gasteiger partial charge in [-0.15, -0.1) is 0 Å². The minimum absolute atomic E-state index is 0.0881. The summed E-state index contributed by atoms with van der Waals surface area (Å²) in [4.78, 5) is 26.5. The highest BCUT2D eigenvalue weighted by Crippen LogP contribution is 2.15. The van der Waals surface area contributed by atoms with E-state index in [2.05, 4.69) is 5.32 Å². The number of halogens is 1. The number of carbonyl (C=O) groups excluding carboxylic acids is 2. The van der Waals surface area contributed by atoms with Crippen LogP contribution in [0, 0.1) is 6.92 Å². The number of rotatable bonds is 6. The van der Waals surface area contributed by atoms with Crippen molar-refractivity contribution in [1.82, 2.24) is 10.2 Å². The predicted molar refractivity (Wildman–Crippen MR) is 100 cm³/mol. The van der Waals surface area contributed by atoms with Gasteiger partial charge in [-0.3, -0.25) is 9.59 Å². The smallest absolute Gasteiger partial charge is 0.242 e. The molecule has 0 radical (unpaired) electrons. The number of hydrogen-bond donors (Lipinski definition) is 1. The molecule has 0 aliphatic carbocycles. The van der Waals surface area contributed by atoms with E-state index >= 15 is 0 Å². The fourth-order valence-electron chi connectivity index (χ4n) is 2.56. The Kier molecular flexibility index (Phi) is 6.59. The van der Waals surface area contributed by atoms with E-state index in [1.54, 1.807) is 31.0 Å². The number of carbonyl (C=O) groups is 2. The van der Waals surface area contributed by atoms with Crippen molar-refractivity contribution in [3.63, 3.8) is 0 Å². The predicted octanol–water partition coefficient (Wildman–Crippen LogP) is 3.35. The lowest BCUT2D eigenvalue weighted by Gasteiger charge is -2.28. The number of nitrogens with zero attached hydrogens (tertiary/aromatic N) is 1. The summed E-state index contributed by atoms with van der Waals surface area (Å²) in [6, 6.07) is 14.6. The Balaban J connectivity index is 2.20. The maximum atomic E-state index is 12.9. The van der Waals surface area contributed by atoms with Gasteiger partial charge in [0.25, 0.3) is 0 Å². The Morgan fingerprint density at radius 1 is 1.04 bits per heavy atom. The maximum absolute atomic E-state index is 12.9. The van der Waals surface area contributed by atoms with E-state index in [0.717, 1.165) is 16.7 Å². The van der Waals surface area contributed by atoms with Gasteiger partial charge in [-0.25, -0.2) is 0 Å². The molecule has 1 atom stereocenters. The zero-order valence-electron chi connectivity index (χ0n) is 14.8. The van der Waals surface area contributed by atoms with Crippen molar-refractivity contribution in [2.45, 2.75) is 32.9 Å². The van der Waals surface area contributed by atoms with E-state index in [1.165, 1.54) is 0 Å². The van der Waals surface area contributed by atoms with Crippen LogP contribution in [0.3, 0.4) is 0 Å². The van der Waals surface area contributed by atoms with Gasteiger partial charge in [0.2, 0.25) is 11.8 Å². The van der Waals surface area contributed by atoms with E-state index in [9.17, 15) is 9.59 Å². The molecule has 2 aromatic rings. The second-order valence-electron chi connectivity index (χ2n) is 6.10. The summed E-state index contributed by atoms with van der Waals surface area (Å²) in [5.41, 5.74) is 3.01. The van der Waals surface area contributed by atoms with Crippen LogP contribution in [0.2, 0.25) is 5.02 Å². The number of likely N-dealkylation sites (N-methyl/N-ethyl adjacent to an activating group) is 1. The SMILES string of the molecule is CNC(=O)[C@H](C)N(Cc1ccc(Cl)cc1)C(=O)Cc1ccc(C)cc1. The number of hydrogen-bond acceptors (Lipinski definition) is 2. The molecule has 4 nitrogen and oxygen atoms in total. The molecule has 0 heterocycles. The lowest BCUT2D eigenvalue weighted by molar-refractivity contribution is -0.139. The monoisotopic (exact) mass is 358 g/mol. The summed E-state index contributed by atoms with van der Waals surface area (Å²) in [6.45, 7) is 4.10. The molecule has 132 valence electrons. The van der Waals surface area contributed by atoms with Crippen molar-refractivity contribution in [2.24, 2.45) is 0 Å². The third-order valence-corrected chi connectivity index (χ3v) is 4.41. The Morgan fingerprint density at radius 3 is 2.16 bits per heavy atom. The minimum Gasteiger partial charge on any atom is -0.357 e. The largest absolute Gasteiger partial charge is 0.357 e. The highest BCUT2D eigenvalue weighted by molar-refractivity contribution is 6.30. The highest BCUT2D eigenvalue weighted by atomic mass is 35.5. The number of amides is 2. The summed E-state index contributed by atoms with van der Waals surface area (Å²) in [5, 5.41) is 3.25. The first-order chi connectivity index (χ1) is 11.9. The fraction of sp³-hybridized carbons (Fsp3) is 0.300. The van der Waals surface area contributed by atoms with E-state index in [4.69, 9.17) is 11.6 Å². The van der Waals surface area contributed by atoms with E-state index in [-0.39, 0.29) is 18.2 Å². The van der Waals surface area contributed by atoms with Crippen molar-refractivity contribution in [2.75, 3.05) is 7.05 Å². The first-order valence-corrected chi connectivity index (χ1v) is 8.59. The summed E-state index contributed by atoms with van der Waals surface area (Å²) >= 11 is 5.92. The summed E-state index contributed by atoms with van der Waals surface area (Å²) in [7, 11) is 1.57. The lowest BCUT2D eigenvalue weighted by atomic mass is 10.1. The molecule has 0 aliphatic rings. The van der Waals surface area contributed by atoms with Crippen LogP contribution >= 0.6 is 11.6 Å². The molecule has 2 aromatic carbocycles. The van der Waals surface area contributed by atoms with E-state index in [0.29, 0.717) is 11.6 Å². The van der Waals surface area contributed by atoms with Crippen molar-refractivity contribution in [3.8, 4) is 0 Å². The molecule has 0 saturated carbocycles. The molecule has 0 unspecified atom stereocenters. The van der Waals surface area contributed by atoms with Crippen molar-refractivity contribution in [1.29, 1.82) is 0 Å². The number of aryl methyl sites for hydroxylation is 1. The van der Waals surface area contributed by atoms with E-state index < -0.39 is 6.04 Å². The molecule has 2 amide bonds. The molecule has 0 aliphatic heterocycles. The van der Waals surface area contributed by atoms with Crippen LogP contribution in [-0.2, 0) is 22.6 Å². The number of nitrogens with one attached hydrogen (secondary N) is 1. The average Bonchev–Trinajstić information content (AvgIpc) is 2.61.